The van der Waals surface area contributed by atoms with Crippen molar-refractivity contribution in [1.82, 2.24) is 0 Å². The molecular weight excluding hydrogens is 661 g/mol. The molecule has 2 aliphatic carbocycles. The number of fused-ring (bicyclic) bond motifs is 14. The van der Waals surface area contributed by atoms with Crippen molar-refractivity contribution in [3.8, 4) is 44.5 Å². The number of hydrogen-bond acceptors (Lipinski definition) is 0. The maximum absolute atomic E-state index is 2.57. The lowest BCUT2D eigenvalue weighted by atomic mass is 9.70. The Labute approximate surface area is 321 Å². The summed E-state index contributed by atoms with van der Waals surface area (Å²) in [5.74, 6) is 0. The zero-order valence-electron chi connectivity index (χ0n) is 30.8. The first kappa shape index (κ1) is 30.7. The van der Waals surface area contributed by atoms with Gasteiger partial charge >= 0.3 is 0 Å². The van der Waals surface area contributed by atoms with E-state index in [2.05, 4.69) is 196 Å². The second kappa shape index (κ2) is 11.1. The van der Waals surface area contributed by atoms with Gasteiger partial charge in [0.05, 0.1) is 5.41 Å². The van der Waals surface area contributed by atoms with Crippen LogP contribution in [0.25, 0.3) is 87.6 Å². The highest BCUT2D eigenvalue weighted by Gasteiger charge is 2.51. The fraction of sp³-hybridized carbons (Fsp3) is 0.0545. The van der Waals surface area contributed by atoms with Crippen LogP contribution in [0.2, 0.25) is 0 Å². The first-order valence-corrected chi connectivity index (χ1v) is 19.4. The predicted molar refractivity (Wildman–Crippen MR) is 233 cm³/mol. The molecule has 0 radical (unpaired) electrons. The highest BCUT2D eigenvalue weighted by Crippen LogP contribution is 2.64. The molecule has 2 aliphatic rings. The highest BCUT2D eigenvalue weighted by atomic mass is 14.5. The molecule has 0 fully saturated rings. The minimum Gasteiger partial charge on any atom is -0.0619 e. The monoisotopic (exact) mass is 696 g/mol. The SMILES string of the molecule is Cc1c2ccc(-c3ccc4ccccc4c3)cc2c(C)c2cc3c(cc12)-c1ccc(-c2ccc4ccccc4c2)cc1C31c2ccccc2-c2ccccc21. The van der Waals surface area contributed by atoms with Crippen molar-refractivity contribution in [2.75, 3.05) is 0 Å². The summed E-state index contributed by atoms with van der Waals surface area (Å²) in [5, 5.41) is 10.4. The second-order valence-electron chi connectivity index (χ2n) is 15.7. The maximum Gasteiger partial charge on any atom is 0.0725 e. The Morgan fingerprint density at radius 2 is 0.709 bits per heavy atom. The Morgan fingerprint density at radius 3 is 1.36 bits per heavy atom. The third-order valence-electron chi connectivity index (χ3n) is 13.0. The van der Waals surface area contributed by atoms with E-state index in [9.17, 15) is 0 Å². The number of rotatable bonds is 2. The first-order chi connectivity index (χ1) is 27.1. The largest absolute Gasteiger partial charge is 0.0725 e. The van der Waals surface area contributed by atoms with Gasteiger partial charge in [0.1, 0.15) is 0 Å². The van der Waals surface area contributed by atoms with E-state index in [0.29, 0.717) is 0 Å². The Hall–Kier alpha value is -6.76. The van der Waals surface area contributed by atoms with Crippen molar-refractivity contribution in [2.24, 2.45) is 0 Å². The number of aryl methyl sites for hydroxylation is 2. The minimum atomic E-state index is -0.429. The van der Waals surface area contributed by atoms with Gasteiger partial charge in [0.15, 0.2) is 0 Å². The molecule has 0 nitrogen and oxygen atoms in total. The van der Waals surface area contributed by atoms with Crippen molar-refractivity contribution >= 4 is 43.1 Å². The summed E-state index contributed by atoms with van der Waals surface area (Å²) >= 11 is 0. The summed E-state index contributed by atoms with van der Waals surface area (Å²) in [4.78, 5) is 0. The van der Waals surface area contributed by atoms with E-state index in [1.165, 1.54) is 121 Å². The van der Waals surface area contributed by atoms with Crippen LogP contribution in [0.5, 0.6) is 0 Å². The third-order valence-corrected chi connectivity index (χ3v) is 13.0. The van der Waals surface area contributed by atoms with Crippen molar-refractivity contribution in [3.63, 3.8) is 0 Å². The number of hydrogen-bond donors (Lipinski definition) is 0. The second-order valence-corrected chi connectivity index (χ2v) is 15.7. The average molecular weight is 697 g/mol. The predicted octanol–water partition coefficient (Wildman–Crippen LogP) is 14.6. The molecule has 1 spiro atoms. The molecule has 10 aromatic carbocycles. The molecule has 0 amide bonds. The van der Waals surface area contributed by atoms with Gasteiger partial charge in [0.2, 0.25) is 0 Å². The van der Waals surface area contributed by atoms with Crippen LogP contribution in [0.3, 0.4) is 0 Å². The van der Waals surface area contributed by atoms with Crippen LogP contribution >= 0.6 is 0 Å². The van der Waals surface area contributed by atoms with Gasteiger partial charge < -0.3 is 0 Å². The van der Waals surface area contributed by atoms with Crippen molar-refractivity contribution in [3.05, 3.63) is 215 Å². The van der Waals surface area contributed by atoms with E-state index in [0.717, 1.165) is 0 Å². The molecule has 12 rings (SSSR count). The molecule has 0 bridgehead atoms. The van der Waals surface area contributed by atoms with Gasteiger partial charge in [-0.15, -0.1) is 0 Å². The van der Waals surface area contributed by atoms with Gasteiger partial charge in [-0.05, 0) is 171 Å². The molecule has 256 valence electrons. The van der Waals surface area contributed by atoms with Crippen LogP contribution in [0, 0.1) is 13.8 Å². The summed E-state index contributed by atoms with van der Waals surface area (Å²) in [6.45, 7) is 4.66. The van der Waals surface area contributed by atoms with Crippen LogP contribution in [-0.2, 0) is 5.41 Å². The van der Waals surface area contributed by atoms with E-state index in [1.54, 1.807) is 0 Å². The molecule has 0 unspecified atom stereocenters. The van der Waals surface area contributed by atoms with E-state index in [4.69, 9.17) is 0 Å². The molecular formula is C55H36. The topological polar surface area (TPSA) is 0 Å². The summed E-state index contributed by atoms with van der Waals surface area (Å²) in [6.07, 6.45) is 0. The lowest BCUT2D eigenvalue weighted by Gasteiger charge is -2.31. The zero-order valence-corrected chi connectivity index (χ0v) is 30.8. The fourth-order valence-corrected chi connectivity index (χ4v) is 10.4. The molecule has 0 heteroatoms. The average Bonchev–Trinajstić information content (AvgIpc) is 3.71. The summed E-state index contributed by atoms with van der Waals surface area (Å²) in [5.41, 5.74) is 18.1. The van der Waals surface area contributed by atoms with Gasteiger partial charge in [0.25, 0.3) is 0 Å². The lowest BCUT2D eigenvalue weighted by Crippen LogP contribution is -2.26. The summed E-state index contributed by atoms with van der Waals surface area (Å²) in [7, 11) is 0. The summed E-state index contributed by atoms with van der Waals surface area (Å²) < 4.78 is 0. The van der Waals surface area contributed by atoms with Crippen molar-refractivity contribution < 1.29 is 0 Å². The van der Waals surface area contributed by atoms with E-state index < -0.39 is 5.41 Å². The Kier molecular flexibility index (Phi) is 6.21. The van der Waals surface area contributed by atoms with E-state index >= 15 is 0 Å². The van der Waals surface area contributed by atoms with E-state index in [-0.39, 0.29) is 0 Å². The van der Waals surface area contributed by atoms with E-state index in [1.807, 2.05) is 0 Å². The third kappa shape index (κ3) is 4.12. The van der Waals surface area contributed by atoms with Gasteiger partial charge in [-0.1, -0.05) is 146 Å². The van der Waals surface area contributed by atoms with Gasteiger partial charge in [0, 0.05) is 0 Å². The quantitative estimate of drug-likeness (QED) is 0.158. The first-order valence-electron chi connectivity index (χ1n) is 19.4. The molecule has 55 heavy (non-hydrogen) atoms. The molecule has 0 saturated heterocycles. The van der Waals surface area contributed by atoms with Crippen molar-refractivity contribution in [2.45, 2.75) is 19.3 Å². The molecule has 0 heterocycles. The normalized spacial score (nSPS) is 13.4. The Morgan fingerprint density at radius 1 is 0.273 bits per heavy atom. The van der Waals surface area contributed by atoms with Crippen LogP contribution in [0.1, 0.15) is 33.4 Å². The minimum absolute atomic E-state index is 0.429. The van der Waals surface area contributed by atoms with Crippen LogP contribution in [0.15, 0.2) is 182 Å². The molecule has 0 N–H and O–H groups in total. The van der Waals surface area contributed by atoms with Gasteiger partial charge in [-0.25, -0.2) is 0 Å². The Balaban J connectivity index is 1.14. The standard InChI is InChI=1S/C55H36/c1-33-43-25-23-41(39-21-19-35-11-3-5-13-37(35)27-39)29-47(43)34(2)49-32-54-50(31-48(33)49)46-26-24-42(40-22-20-36-12-4-6-14-38(36)28-40)30-53(46)55(54)51-17-9-7-15-44(51)45-16-8-10-18-52(45)55/h3-32H,1-2H3. The molecule has 0 aromatic heterocycles. The van der Waals surface area contributed by atoms with Crippen molar-refractivity contribution in [1.29, 1.82) is 0 Å². The number of benzene rings is 10. The fourth-order valence-electron chi connectivity index (χ4n) is 10.4. The molecule has 0 aliphatic heterocycles. The van der Waals surface area contributed by atoms with Crippen LogP contribution in [-0.4, -0.2) is 0 Å². The maximum atomic E-state index is 2.57. The molecule has 10 aromatic rings. The molecule has 0 saturated carbocycles. The molecule has 0 atom stereocenters. The lowest BCUT2D eigenvalue weighted by molar-refractivity contribution is 0.795. The zero-order chi connectivity index (χ0) is 36.4. The van der Waals surface area contributed by atoms with Gasteiger partial charge in [-0.3, -0.25) is 0 Å². The smallest absolute Gasteiger partial charge is 0.0619 e. The van der Waals surface area contributed by atoms with Crippen LogP contribution in [0.4, 0.5) is 0 Å². The Bertz CT molecular complexity index is 3240. The van der Waals surface area contributed by atoms with Crippen LogP contribution < -0.4 is 0 Å². The summed E-state index contributed by atoms with van der Waals surface area (Å²) in [6, 6.07) is 68.8. The van der Waals surface area contributed by atoms with Gasteiger partial charge in [-0.2, -0.15) is 0 Å². The highest BCUT2D eigenvalue weighted by molar-refractivity contribution is 6.10.